The molecule has 0 aromatic heterocycles. The van der Waals surface area contributed by atoms with Crippen molar-refractivity contribution in [2.24, 2.45) is 0 Å². The molecule has 1 N–H and O–H groups in total. The summed E-state index contributed by atoms with van der Waals surface area (Å²) in [5, 5.41) is 10.9. The summed E-state index contributed by atoms with van der Waals surface area (Å²) < 4.78 is 11.6. The maximum Gasteiger partial charge on any atom is 0.220 e. The van der Waals surface area contributed by atoms with Crippen LogP contribution in [0, 0.1) is 0 Å². The van der Waals surface area contributed by atoms with Gasteiger partial charge in [0, 0.05) is 6.92 Å². The number of allylic oxidation sites excluding steroid dienone is 1. The van der Waals surface area contributed by atoms with Crippen LogP contribution < -0.4 is 9.47 Å². The molecule has 1 amide bonds. The molecule has 0 aliphatic carbocycles. The molecule has 0 radical (unpaired) electrons. The first-order valence-electron chi connectivity index (χ1n) is 11.6. The van der Waals surface area contributed by atoms with Crippen LogP contribution in [0.15, 0.2) is 84.9 Å². The number of carbonyl (C=O) groups is 1. The summed E-state index contributed by atoms with van der Waals surface area (Å²) in [6.45, 7) is 6.06. The van der Waals surface area contributed by atoms with Gasteiger partial charge in [0.1, 0.15) is 12.7 Å². The van der Waals surface area contributed by atoms with Gasteiger partial charge in [-0.05, 0) is 42.7 Å². The average Bonchev–Trinajstić information content (AvgIpc) is 2.85. The van der Waals surface area contributed by atoms with Gasteiger partial charge in [-0.25, -0.2) is 0 Å². The minimum Gasteiger partial charge on any atom is -0.490 e. The van der Waals surface area contributed by atoms with Crippen LogP contribution in [0.1, 0.15) is 43.5 Å². The zero-order valence-corrected chi connectivity index (χ0v) is 20.1. The maximum absolute atomic E-state index is 12.7. The lowest BCUT2D eigenvalue weighted by atomic mass is 9.96. The molecule has 1 atom stereocenters. The van der Waals surface area contributed by atoms with E-state index in [1.165, 1.54) is 6.92 Å². The maximum atomic E-state index is 12.7. The third-order valence-electron chi connectivity index (χ3n) is 5.41. The molecule has 0 saturated carbocycles. The Labute approximate surface area is 202 Å². The van der Waals surface area contributed by atoms with Crippen molar-refractivity contribution in [1.82, 2.24) is 4.90 Å². The van der Waals surface area contributed by atoms with Crippen LogP contribution >= 0.6 is 0 Å². The average molecular weight is 460 g/mol. The molecule has 0 fully saturated rings. The standard InChI is InChI=1S/C29H33NO4/c1-4-12-23-17-18-27(33-5-2)28(19-23)34-21-26(32)20-30(22(3)31)29(24-13-8-6-9-14-24)25-15-10-7-11-16-25/h4,6-19,26,29,32H,5,20-21H2,1-3H3/b12-4+. The van der Waals surface area contributed by atoms with Gasteiger partial charge in [0.05, 0.1) is 19.2 Å². The van der Waals surface area contributed by atoms with Gasteiger partial charge in [0.2, 0.25) is 5.91 Å². The number of carbonyl (C=O) groups excluding carboxylic acids is 1. The van der Waals surface area contributed by atoms with Gasteiger partial charge in [-0.2, -0.15) is 0 Å². The summed E-state index contributed by atoms with van der Waals surface area (Å²) in [5.41, 5.74) is 2.94. The Hall–Kier alpha value is -3.57. The molecule has 34 heavy (non-hydrogen) atoms. The van der Waals surface area contributed by atoms with E-state index < -0.39 is 6.10 Å². The highest BCUT2D eigenvalue weighted by molar-refractivity contribution is 5.74. The summed E-state index contributed by atoms with van der Waals surface area (Å²) in [6.07, 6.45) is 3.03. The number of nitrogens with zero attached hydrogens (tertiary/aromatic N) is 1. The molecule has 5 heteroatoms. The van der Waals surface area contributed by atoms with E-state index in [0.717, 1.165) is 16.7 Å². The van der Waals surface area contributed by atoms with Crippen LogP contribution in [0.4, 0.5) is 0 Å². The monoisotopic (exact) mass is 459 g/mol. The fourth-order valence-corrected chi connectivity index (χ4v) is 3.91. The van der Waals surface area contributed by atoms with E-state index >= 15 is 0 Å². The second-order valence-electron chi connectivity index (χ2n) is 8.00. The number of benzene rings is 3. The lowest BCUT2D eigenvalue weighted by Gasteiger charge is -2.33. The number of aliphatic hydroxyl groups excluding tert-OH is 1. The van der Waals surface area contributed by atoms with E-state index in [9.17, 15) is 9.90 Å². The SMILES string of the molecule is C/C=C/c1ccc(OCC)c(OCC(O)CN(C(C)=O)C(c2ccccc2)c2ccccc2)c1. The lowest BCUT2D eigenvalue weighted by Crippen LogP contribution is -2.41. The van der Waals surface area contributed by atoms with Crippen LogP contribution in [0.2, 0.25) is 0 Å². The Morgan fingerprint density at radius 3 is 2.09 bits per heavy atom. The van der Waals surface area contributed by atoms with Crippen LogP contribution in [-0.2, 0) is 4.79 Å². The van der Waals surface area contributed by atoms with Crippen molar-refractivity contribution in [3.8, 4) is 11.5 Å². The van der Waals surface area contributed by atoms with E-state index in [1.807, 2.05) is 105 Å². The van der Waals surface area contributed by atoms with Crippen LogP contribution in [-0.4, -0.2) is 41.8 Å². The van der Waals surface area contributed by atoms with Gasteiger partial charge in [-0.1, -0.05) is 78.9 Å². The lowest BCUT2D eigenvalue weighted by molar-refractivity contribution is -0.132. The molecule has 3 aromatic rings. The molecular formula is C29H33NO4. The Morgan fingerprint density at radius 2 is 1.56 bits per heavy atom. The second kappa shape index (κ2) is 12.6. The minimum absolute atomic E-state index is 0.0272. The van der Waals surface area contributed by atoms with Crippen LogP contribution in [0.3, 0.4) is 0 Å². The number of amides is 1. The van der Waals surface area contributed by atoms with Crippen molar-refractivity contribution in [2.75, 3.05) is 19.8 Å². The van der Waals surface area contributed by atoms with Gasteiger partial charge in [-0.15, -0.1) is 0 Å². The van der Waals surface area contributed by atoms with Crippen molar-refractivity contribution in [1.29, 1.82) is 0 Å². The Kier molecular flexibility index (Phi) is 9.30. The highest BCUT2D eigenvalue weighted by Crippen LogP contribution is 2.31. The molecule has 0 bridgehead atoms. The molecule has 1 unspecified atom stereocenters. The zero-order valence-electron chi connectivity index (χ0n) is 20.1. The first-order chi connectivity index (χ1) is 16.5. The second-order valence-corrected chi connectivity index (χ2v) is 8.00. The molecule has 0 aliphatic heterocycles. The molecule has 0 aliphatic rings. The number of hydrogen-bond donors (Lipinski definition) is 1. The van der Waals surface area contributed by atoms with Crippen molar-refractivity contribution in [3.63, 3.8) is 0 Å². The fraction of sp³-hybridized carbons (Fsp3) is 0.276. The molecule has 0 saturated heterocycles. The number of ether oxygens (including phenoxy) is 2. The fourth-order valence-electron chi connectivity index (χ4n) is 3.91. The van der Waals surface area contributed by atoms with Gasteiger partial charge in [0.25, 0.3) is 0 Å². The van der Waals surface area contributed by atoms with E-state index in [-0.39, 0.29) is 25.1 Å². The molecule has 0 heterocycles. The number of aliphatic hydroxyl groups is 1. The Bertz CT molecular complexity index is 1030. The molecule has 3 aromatic carbocycles. The number of hydrogen-bond acceptors (Lipinski definition) is 4. The van der Waals surface area contributed by atoms with Gasteiger partial charge in [0.15, 0.2) is 11.5 Å². The first kappa shape index (κ1) is 25.1. The topological polar surface area (TPSA) is 59.0 Å². The quantitative estimate of drug-likeness (QED) is 0.412. The normalized spacial score (nSPS) is 12.0. The predicted molar refractivity (Wildman–Crippen MR) is 136 cm³/mol. The van der Waals surface area contributed by atoms with Crippen molar-refractivity contribution in [2.45, 2.75) is 32.9 Å². The van der Waals surface area contributed by atoms with E-state index in [2.05, 4.69) is 0 Å². The van der Waals surface area contributed by atoms with E-state index in [0.29, 0.717) is 18.1 Å². The Morgan fingerprint density at radius 1 is 0.941 bits per heavy atom. The van der Waals surface area contributed by atoms with Crippen molar-refractivity contribution < 1.29 is 19.4 Å². The summed E-state index contributed by atoms with van der Waals surface area (Å²) >= 11 is 0. The first-order valence-corrected chi connectivity index (χ1v) is 11.6. The molecule has 3 rings (SSSR count). The highest BCUT2D eigenvalue weighted by atomic mass is 16.5. The summed E-state index contributed by atoms with van der Waals surface area (Å²) in [6, 6.07) is 25.1. The molecule has 5 nitrogen and oxygen atoms in total. The van der Waals surface area contributed by atoms with Gasteiger partial charge >= 0.3 is 0 Å². The van der Waals surface area contributed by atoms with Gasteiger partial charge < -0.3 is 19.5 Å². The third kappa shape index (κ3) is 6.72. The van der Waals surface area contributed by atoms with E-state index in [1.54, 1.807) is 4.90 Å². The predicted octanol–water partition coefficient (Wildman–Crippen LogP) is 5.50. The molecular weight excluding hydrogens is 426 g/mol. The highest BCUT2D eigenvalue weighted by Gasteiger charge is 2.27. The van der Waals surface area contributed by atoms with Crippen molar-refractivity contribution in [3.05, 3.63) is 102 Å². The summed E-state index contributed by atoms with van der Waals surface area (Å²) in [4.78, 5) is 14.4. The van der Waals surface area contributed by atoms with E-state index in [4.69, 9.17) is 9.47 Å². The Balaban J connectivity index is 1.80. The smallest absolute Gasteiger partial charge is 0.220 e. The van der Waals surface area contributed by atoms with Crippen molar-refractivity contribution >= 4 is 12.0 Å². The summed E-state index contributed by atoms with van der Waals surface area (Å²) in [5.74, 6) is 1.06. The minimum atomic E-state index is -0.890. The van der Waals surface area contributed by atoms with Crippen LogP contribution in [0.5, 0.6) is 11.5 Å². The molecule has 178 valence electrons. The number of rotatable bonds is 11. The third-order valence-corrected chi connectivity index (χ3v) is 5.41. The summed E-state index contributed by atoms with van der Waals surface area (Å²) in [7, 11) is 0. The zero-order chi connectivity index (χ0) is 24.3. The van der Waals surface area contributed by atoms with Gasteiger partial charge in [-0.3, -0.25) is 4.79 Å². The van der Waals surface area contributed by atoms with Crippen LogP contribution in [0.25, 0.3) is 6.08 Å². The largest absolute Gasteiger partial charge is 0.490 e. The molecule has 0 spiro atoms.